The molecule has 11 heteroatoms. The van der Waals surface area contributed by atoms with Crippen LogP contribution in [0, 0.1) is 5.82 Å². The lowest BCUT2D eigenvalue weighted by atomic mass is 10.1. The molecule has 1 fully saturated rings. The number of piperazine rings is 1. The van der Waals surface area contributed by atoms with Gasteiger partial charge in [0.2, 0.25) is 0 Å². The van der Waals surface area contributed by atoms with E-state index in [0.717, 1.165) is 22.4 Å². The molecule has 0 radical (unpaired) electrons. The first kappa shape index (κ1) is 22.9. The molecule has 3 aromatic heterocycles. The van der Waals surface area contributed by atoms with Crippen LogP contribution in [-0.2, 0) is 13.1 Å². The summed E-state index contributed by atoms with van der Waals surface area (Å²) in [6.07, 6.45) is 3.59. The van der Waals surface area contributed by atoms with Crippen molar-refractivity contribution in [1.82, 2.24) is 34.2 Å². The minimum Gasteiger partial charge on any atom is -0.335 e. The second kappa shape index (κ2) is 9.44. The molecule has 8 nitrogen and oxygen atoms in total. The SMILES string of the molecule is CCn1cc(Br)c(-c2ccnc3cc(C(=O)N4CCN(Cc5c(F)cccc5Cl)CC4)nn23)n1. The zero-order valence-corrected chi connectivity index (χ0v) is 20.8. The van der Waals surface area contributed by atoms with E-state index < -0.39 is 0 Å². The van der Waals surface area contributed by atoms with Gasteiger partial charge in [-0.2, -0.15) is 10.2 Å². The van der Waals surface area contributed by atoms with Crippen molar-refractivity contribution >= 4 is 39.1 Å². The van der Waals surface area contributed by atoms with Crippen molar-refractivity contribution in [2.45, 2.75) is 20.0 Å². The number of hydrogen-bond donors (Lipinski definition) is 0. The summed E-state index contributed by atoms with van der Waals surface area (Å²) < 4.78 is 18.5. The van der Waals surface area contributed by atoms with Gasteiger partial charge in [-0.15, -0.1) is 0 Å². The van der Waals surface area contributed by atoms with Crippen LogP contribution in [0.2, 0.25) is 5.02 Å². The number of amides is 1. The lowest BCUT2D eigenvalue weighted by Gasteiger charge is -2.34. The average Bonchev–Trinajstić information content (AvgIpc) is 3.45. The lowest BCUT2D eigenvalue weighted by molar-refractivity contribution is 0.0621. The Morgan fingerprint density at radius 3 is 2.68 bits per heavy atom. The first-order valence-corrected chi connectivity index (χ1v) is 12.1. The van der Waals surface area contributed by atoms with Crippen LogP contribution in [0.4, 0.5) is 4.39 Å². The van der Waals surface area contributed by atoms with E-state index in [9.17, 15) is 9.18 Å². The van der Waals surface area contributed by atoms with E-state index in [0.29, 0.717) is 54.7 Å². The zero-order chi connectivity index (χ0) is 23.8. The third kappa shape index (κ3) is 4.33. The third-order valence-corrected chi connectivity index (χ3v) is 6.90. The molecule has 0 spiro atoms. The van der Waals surface area contributed by atoms with Crippen LogP contribution in [-0.4, -0.2) is 66.3 Å². The lowest BCUT2D eigenvalue weighted by Crippen LogP contribution is -2.48. The molecule has 0 atom stereocenters. The highest BCUT2D eigenvalue weighted by atomic mass is 79.9. The summed E-state index contributed by atoms with van der Waals surface area (Å²) in [4.78, 5) is 21.4. The molecule has 1 amide bonds. The van der Waals surface area contributed by atoms with Gasteiger partial charge in [-0.3, -0.25) is 14.4 Å². The van der Waals surface area contributed by atoms with Crippen molar-refractivity contribution in [3.8, 4) is 11.4 Å². The molecule has 0 aliphatic carbocycles. The Balaban J connectivity index is 1.32. The average molecular weight is 547 g/mol. The van der Waals surface area contributed by atoms with Gasteiger partial charge in [0, 0.05) is 68.3 Å². The summed E-state index contributed by atoms with van der Waals surface area (Å²) in [5.41, 5.74) is 2.87. The topological polar surface area (TPSA) is 71.6 Å². The van der Waals surface area contributed by atoms with E-state index in [1.165, 1.54) is 6.07 Å². The first-order chi connectivity index (χ1) is 16.4. The van der Waals surface area contributed by atoms with Crippen LogP contribution in [0.1, 0.15) is 23.0 Å². The minimum absolute atomic E-state index is 0.154. The van der Waals surface area contributed by atoms with Gasteiger partial charge >= 0.3 is 0 Å². The van der Waals surface area contributed by atoms with Crippen LogP contribution in [0.15, 0.2) is 47.2 Å². The van der Waals surface area contributed by atoms with Crippen molar-refractivity contribution < 1.29 is 9.18 Å². The Morgan fingerprint density at radius 2 is 1.97 bits per heavy atom. The number of carbonyl (C=O) groups excluding carboxylic acids is 1. The number of aryl methyl sites for hydroxylation is 1. The van der Waals surface area contributed by atoms with Gasteiger partial charge in [0.25, 0.3) is 5.91 Å². The van der Waals surface area contributed by atoms with Crippen molar-refractivity contribution in [3.05, 3.63) is 69.3 Å². The molecule has 4 heterocycles. The van der Waals surface area contributed by atoms with Crippen LogP contribution in [0.5, 0.6) is 0 Å². The largest absolute Gasteiger partial charge is 0.335 e. The van der Waals surface area contributed by atoms with Gasteiger partial charge in [-0.25, -0.2) is 13.9 Å². The van der Waals surface area contributed by atoms with Crippen LogP contribution in [0.3, 0.4) is 0 Å². The smallest absolute Gasteiger partial charge is 0.274 e. The van der Waals surface area contributed by atoms with Gasteiger partial charge in [-0.05, 0) is 41.1 Å². The summed E-state index contributed by atoms with van der Waals surface area (Å²) in [6, 6.07) is 8.23. The van der Waals surface area contributed by atoms with E-state index >= 15 is 0 Å². The molecule has 1 aliphatic heterocycles. The van der Waals surface area contributed by atoms with E-state index in [1.54, 1.807) is 33.8 Å². The van der Waals surface area contributed by atoms with Crippen LogP contribution >= 0.6 is 27.5 Å². The van der Waals surface area contributed by atoms with Crippen molar-refractivity contribution in [3.63, 3.8) is 0 Å². The number of fused-ring (bicyclic) bond motifs is 1. The molecule has 0 saturated carbocycles. The number of carbonyl (C=O) groups is 1. The van der Waals surface area contributed by atoms with Gasteiger partial charge < -0.3 is 4.90 Å². The highest BCUT2D eigenvalue weighted by Gasteiger charge is 2.26. The van der Waals surface area contributed by atoms with Gasteiger partial charge in [-0.1, -0.05) is 17.7 Å². The molecule has 1 aliphatic rings. The Labute approximate surface area is 209 Å². The highest BCUT2D eigenvalue weighted by molar-refractivity contribution is 9.10. The molecule has 1 saturated heterocycles. The molecule has 0 unspecified atom stereocenters. The predicted octanol–water partition coefficient (Wildman–Crippen LogP) is 4.13. The fourth-order valence-electron chi connectivity index (χ4n) is 4.09. The fourth-order valence-corrected chi connectivity index (χ4v) is 4.83. The van der Waals surface area contributed by atoms with Crippen molar-refractivity contribution in [2.24, 2.45) is 0 Å². The molecule has 34 heavy (non-hydrogen) atoms. The highest BCUT2D eigenvalue weighted by Crippen LogP contribution is 2.27. The Hall–Kier alpha value is -2.82. The molecular weight excluding hydrogens is 525 g/mol. The van der Waals surface area contributed by atoms with E-state index in [-0.39, 0.29) is 11.7 Å². The third-order valence-electron chi connectivity index (χ3n) is 5.96. The summed E-state index contributed by atoms with van der Waals surface area (Å²) in [6.45, 7) is 5.44. The van der Waals surface area contributed by atoms with E-state index in [1.807, 2.05) is 23.9 Å². The summed E-state index contributed by atoms with van der Waals surface area (Å²) in [7, 11) is 0. The number of benzene rings is 1. The Bertz CT molecular complexity index is 1340. The predicted molar refractivity (Wildman–Crippen MR) is 130 cm³/mol. The van der Waals surface area contributed by atoms with E-state index in [2.05, 4.69) is 36.0 Å². The first-order valence-electron chi connectivity index (χ1n) is 11.0. The molecule has 1 aromatic carbocycles. The number of halogens is 3. The molecule has 0 N–H and O–H groups in total. The Morgan fingerprint density at radius 1 is 1.18 bits per heavy atom. The maximum Gasteiger partial charge on any atom is 0.274 e. The standard InChI is InChI=1S/C23H22BrClFN7O/c1-2-32-14-16(24)22(29-32)20-6-7-27-21-12-19(28-33(20)21)23(34)31-10-8-30(9-11-31)13-15-17(25)4-3-5-18(15)26/h3-7,12,14H,2,8-11,13H2,1H3. The van der Waals surface area contributed by atoms with E-state index in [4.69, 9.17) is 11.6 Å². The molecule has 5 rings (SSSR count). The van der Waals surface area contributed by atoms with Crippen LogP contribution in [0.25, 0.3) is 17.0 Å². The summed E-state index contributed by atoms with van der Waals surface area (Å²) in [5, 5.41) is 9.57. The van der Waals surface area contributed by atoms with Gasteiger partial charge in [0.1, 0.15) is 11.5 Å². The number of rotatable bonds is 5. The second-order valence-electron chi connectivity index (χ2n) is 8.08. The molecular formula is C23H22BrClFN7O. The number of hydrogen-bond acceptors (Lipinski definition) is 5. The molecule has 176 valence electrons. The molecule has 4 aromatic rings. The summed E-state index contributed by atoms with van der Waals surface area (Å²) >= 11 is 9.73. The van der Waals surface area contributed by atoms with Gasteiger partial charge in [0.15, 0.2) is 11.3 Å². The Kier molecular flexibility index (Phi) is 6.37. The number of nitrogens with zero attached hydrogens (tertiary/aromatic N) is 7. The maximum atomic E-state index is 14.1. The minimum atomic E-state index is -0.311. The van der Waals surface area contributed by atoms with Crippen molar-refractivity contribution in [2.75, 3.05) is 26.2 Å². The van der Waals surface area contributed by atoms with Gasteiger partial charge in [0.05, 0.1) is 10.2 Å². The second-order valence-corrected chi connectivity index (χ2v) is 9.34. The molecule has 0 bridgehead atoms. The summed E-state index contributed by atoms with van der Waals surface area (Å²) in [5.74, 6) is -0.465. The monoisotopic (exact) mass is 545 g/mol. The zero-order valence-electron chi connectivity index (χ0n) is 18.5. The van der Waals surface area contributed by atoms with Crippen LogP contribution < -0.4 is 0 Å². The maximum absolute atomic E-state index is 14.1. The fraction of sp³-hybridized carbons (Fsp3) is 0.304. The number of aromatic nitrogens is 5. The van der Waals surface area contributed by atoms with Crippen molar-refractivity contribution in [1.29, 1.82) is 0 Å². The quantitative estimate of drug-likeness (QED) is 0.377. The normalized spacial score (nSPS) is 14.8.